The SMILES string of the molecule is Cc1cc(NC(=O)c2cncc(N3c4ccccc4CC3C)c2)no1. The van der Waals surface area contributed by atoms with Crippen molar-refractivity contribution in [3.05, 3.63) is 65.7 Å². The van der Waals surface area contributed by atoms with Crippen molar-refractivity contribution in [2.75, 3.05) is 10.2 Å². The van der Waals surface area contributed by atoms with Crippen LogP contribution in [0, 0.1) is 6.92 Å². The number of aryl methyl sites for hydroxylation is 1. The van der Waals surface area contributed by atoms with Gasteiger partial charge in [-0.05, 0) is 38.0 Å². The molecule has 3 heterocycles. The molecule has 1 aromatic carbocycles. The van der Waals surface area contributed by atoms with Crippen LogP contribution in [0.25, 0.3) is 0 Å². The van der Waals surface area contributed by atoms with E-state index in [0.29, 0.717) is 23.2 Å². The number of benzene rings is 1. The highest BCUT2D eigenvalue weighted by atomic mass is 16.5. The van der Waals surface area contributed by atoms with E-state index in [1.807, 2.05) is 12.1 Å². The van der Waals surface area contributed by atoms with Crippen LogP contribution in [0.15, 0.2) is 53.3 Å². The summed E-state index contributed by atoms with van der Waals surface area (Å²) in [6.07, 6.45) is 4.32. The van der Waals surface area contributed by atoms with Gasteiger partial charge in [-0.1, -0.05) is 23.4 Å². The minimum absolute atomic E-state index is 0.261. The third-order valence-electron chi connectivity index (χ3n) is 4.34. The number of pyridine rings is 1. The van der Waals surface area contributed by atoms with Crippen molar-refractivity contribution in [2.45, 2.75) is 26.3 Å². The number of hydrogen-bond acceptors (Lipinski definition) is 5. The summed E-state index contributed by atoms with van der Waals surface area (Å²) in [5, 5.41) is 6.51. The predicted molar refractivity (Wildman–Crippen MR) is 95.2 cm³/mol. The molecule has 0 aliphatic carbocycles. The lowest BCUT2D eigenvalue weighted by Crippen LogP contribution is -2.24. The van der Waals surface area contributed by atoms with Crippen LogP contribution in [0.4, 0.5) is 17.2 Å². The summed E-state index contributed by atoms with van der Waals surface area (Å²) >= 11 is 0. The number of fused-ring (bicyclic) bond motifs is 1. The minimum atomic E-state index is -0.261. The van der Waals surface area contributed by atoms with E-state index in [1.165, 1.54) is 11.3 Å². The van der Waals surface area contributed by atoms with Gasteiger partial charge in [0, 0.05) is 24.0 Å². The van der Waals surface area contributed by atoms with Crippen molar-refractivity contribution in [3.63, 3.8) is 0 Å². The zero-order valence-corrected chi connectivity index (χ0v) is 14.1. The Morgan fingerprint density at radius 2 is 2.12 bits per heavy atom. The van der Waals surface area contributed by atoms with Crippen LogP contribution in [0.5, 0.6) is 0 Å². The van der Waals surface area contributed by atoms with Crippen molar-refractivity contribution < 1.29 is 9.32 Å². The number of carbonyl (C=O) groups excluding carboxylic acids is 1. The third-order valence-corrected chi connectivity index (χ3v) is 4.34. The van der Waals surface area contributed by atoms with Crippen LogP contribution >= 0.6 is 0 Å². The van der Waals surface area contributed by atoms with Crippen LogP contribution in [0.2, 0.25) is 0 Å². The topological polar surface area (TPSA) is 71.3 Å². The molecule has 0 fully saturated rings. The molecule has 6 heteroatoms. The van der Waals surface area contributed by atoms with Gasteiger partial charge in [0.25, 0.3) is 5.91 Å². The van der Waals surface area contributed by atoms with Gasteiger partial charge in [-0.3, -0.25) is 9.78 Å². The van der Waals surface area contributed by atoms with E-state index in [4.69, 9.17) is 4.52 Å². The summed E-state index contributed by atoms with van der Waals surface area (Å²) in [6.45, 7) is 3.95. The number of rotatable bonds is 3. The number of aromatic nitrogens is 2. The molecule has 126 valence electrons. The molecule has 1 aliphatic rings. The van der Waals surface area contributed by atoms with Crippen LogP contribution in [-0.4, -0.2) is 22.1 Å². The first-order valence-electron chi connectivity index (χ1n) is 8.18. The number of para-hydroxylation sites is 1. The maximum absolute atomic E-state index is 12.5. The molecule has 0 bridgehead atoms. The van der Waals surface area contributed by atoms with Crippen LogP contribution in [0.3, 0.4) is 0 Å². The van der Waals surface area contributed by atoms with Gasteiger partial charge >= 0.3 is 0 Å². The van der Waals surface area contributed by atoms with E-state index in [0.717, 1.165) is 12.1 Å². The second kappa shape index (κ2) is 6.05. The Bertz CT molecular complexity index is 934. The summed E-state index contributed by atoms with van der Waals surface area (Å²) < 4.78 is 4.97. The Kier molecular flexibility index (Phi) is 3.72. The van der Waals surface area contributed by atoms with E-state index >= 15 is 0 Å². The van der Waals surface area contributed by atoms with Crippen LogP contribution in [0.1, 0.15) is 28.6 Å². The van der Waals surface area contributed by atoms with Crippen molar-refractivity contribution in [2.24, 2.45) is 0 Å². The van der Waals surface area contributed by atoms with Gasteiger partial charge in [0.05, 0.1) is 17.4 Å². The maximum Gasteiger partial charge on any atom is 0.258 e. The van der Waals surface area contributed by atoms with Crippen molar-refractivity contribution in [3.8, 4) is 0 Å². The second-order valence-corrected chi connectivity index (χ2v) is 6.26. The molecule has 4 rings (SSSR count). The van der Waals surface area contributed by atoms with E-state index in [1.54, 1.807) is 25.4 Å². The van der Waals surface area contributed by atoms with Crippen molar-refractivity contribution in [1.82, 2.24) is 10.1 Å². The lowest BCUT2D eigenvalue weighted by Gasteiger charge is -2.25. The lowest BCUT2D eigenvalue weighted by molar-refractivity contribution is 0.102. The van der Waals surface area contributed by atoms with Crippen molar-refractivity contribution >= 4 is 23.1 Å². The molecule has 2 aromatic heterocycles. The Balaban J connectivity index is 1.62. The predicted octanol–water partition coefficient (Wildman–Crippen LogP) is 3.71. The first-order chi connectivity index (χ1) is 12.1. The summed E-state index contributed by atoms with van der Waals surface area (Å²) in [4.78, 5) is 18.9. The number of nitrogens with one attached hydrogen (secondary N) is 1. The fourth-order valence-corrected chi connectivity index (χ4v) is 3.26. The number of carbonyl (C=O) groups is 1. The Morgan fingerprint density at radius 1 is 1.28 bits per heavy atom. The molecule has 25 heavy (non-hydrogen) atoms. The summed E-state index contributed by atoms with van der Waals surface area (Å²) in [7, 11) is 0. The number of nitrogens with zero attached hydrogens (tertiary/aromatic N) is 3. The average molecular weight is 334 g/mol. The number of hydrogen-bond donors (Lipinski definition) is 1. The number of anilines is 3. The van der Waals surface area contributed by atoms with Crippen LogP contribution in [-0.2, 0) is 6.42 Å². The average Bonchev–Trinajstić information content (AvgIpc) is 3.16. The summed E-state index contributed by atoms with van der Waals surface area (Å²) in [5.74, 6) is 0.778. The Hall–Kier alpha value is -3.15. The largest absolute Gasteiger partial charge is 0.360 e. The van der Waals surface area contributed by atoms with Gasteiger partial charge in [-0.25, -0.2) is 0 Å². The highest BCUT2D eigenvalue weighted by Gasteiger charge is 2.27. The quantitative estimate of drug-likeness (QED) is 0.790. The molecule has 0 radical (unpaired) electrons. The standard InChI is InChI=1S/C19H18N4O2/c1-12-7-14-5-3-4-6-17(14)23(12)16-9-15(10-20-11-16)19(24)21-18-8-13(2)25-22-18/h3-6,8-12H,7H2,1-2H3,(H,21,22,24). The number of amides is 1. The Morgan fingerprint density at radius 3 is 2.92 bits per heavy atom. The zero-order chi connectivity index (χ0) is 17.4. The zero-order valence-electron chi connectivity index (χ0n) is 14.1. The van der Waals surface area contributed by atoms with E-state index in [-0.39, 0.29) is 5.91 Å². The van der Waals surface area contributed by atoms with Gasteiger partial charge < -0.3 is 14.7 Å². The molecular formula is C19H18N4O2. The summed E-state index contributed by atoms with van der Waals surface area (Å²) in [5.41, 5.74) is 3.86. The summed E-state index contributed by atoms with van der Waals surface area (Å²) in [6, 6.07) is 12.2. The molecular weight excluding hydrogens is 316 g/mol. The second-order valence-electron chi connectivity index (χ2n) is 6.26. The first-order valence-corrected chi connectivity index (χ1v) is 8.18. The normalized spacial score (nSPS) is 15.9. The van der Waals surface area contributed by atoms with Gasteiger partial charge in [-0.2, -0.15) is 0 Å². The minimum Gasteiger partial charge on any atom is -0.360 e. The third kappa shape index (κ3) is 2.87. The molecule has 1 atom stereocenters. The van der Waals surface area contributed by atoms with E-state index < -0.39 is 0 Å². The van der Waals surface area contributed by atoms with Crippen LogP contribution < -0.4 is 10.2 Å². The molecule has 6 nitrogen and oxygen atoms in total. The molecule has 0 spiro atoms. The highest BCUT2D eigenvalue weighted by Crippen LogP contribution is 2.37. The molecule has 1 aliphatic heterocycles. The van der Waals surface area contributed by atoms with Gasteiger partial charge in [0.1, 0.15) is 5.76 Å². The van der Waals surface area contributed by atoms with Gasteiger partial charge in [0.15, 0.2) is 5.82 Å². The lowest BCUT2D eigenvalue weighted by atomic mass is 10.1. The molecule has 1 N–H and O–H groups in total. The van der Waals surface area contributed by atoms with Gasteiger partial charge in [-0.15, -0.1) is 0 Å². The molecule has 1 amide bonds. The molecule has 3 aromatic rings. The molecule has 1 unspecified atom stereocenters. The smallest absolute Gasteiger partial charge is 0.258 e. The fourth-order valence-electron chi connectivity index (χ4n) is 3.26. The maximum atomic E-state index is 12.5. The molecule has 0 saturated heterocycles. The van der Waals surface area contributed by atoms with E-state index in [9.17, 15) is 4.79 Å². The first kappa shape index (κ1) is 15.4. The van der Waals surface area contributed by atoms with Crippen molar-refractivity contribution in [1.29, 1.82) is 0 Å². The van der Waals surface area contributed by atoms with Gasteiger partial charge in [0.2, 0.25) is 0 Å². The highest BCUT2D eigenvalue weighted by molar-refractivity contribution is 6.04. The monoisotopic (exact) mass is 334 g/mol. The van der Waals surface area contributed by atoms with E-state index in [2.05, 4.69) is 45.5 Å². The molecule has 0 saturated carbocycles. The Labute approximate surface area is 145 Å². The fraction of sp³-hybridized carbons (Fsp3) is 0.211.